The maximum Gasteiger partial charge on any atom is 0.0327 e. The number of allylic oxidation sites excluding steroid dienone is 1. The van der Waals surface area contributed by atoms with Crippen LogP contribution in [0.15, 0.2) is 36.1 Å². The van der Waals surface area contributed by atoms with E-state index in [1.807, 2.05) is 7.05 Å². The smallest absolute Gasteiger partial charge is 0.0327 e. The van der Waals surface area contributed by atoms with Gasteiger partial charge in [0, 0.05) is 12.6 Å². The molecule has 0 aromatic rings. The van der Waals surface area contributed by atoms with Crippen LogP contribution in [0.4, 0.5) is 0 Å². The van der Waals surface area contributed by atoms with Crippen molar-refractivity contribution in [2.75, 3.05) is 13.6 Å². The molecule has 1 aliphatic rings. The largest absolute Gasteiger partial charge is 0.388 e. The Labute approximate surface area is 112 Å². The molecule has 0 aliphatic heterocycles. The van der Waals surface area contributed by atoms with Gasteiger partial charge in [-0.3, -0.25) is 0 Å². The third kappa shape index (κ3) is 5.54. The Balaban J connectivity index is 2.18. The van der Waals surface area contributed by atoms with E-state index in [1.165, 1.54) is 18.4 Å². The number of rotatable bonds is 8. The first kappa shape index (κ1) is 15.0. The molecule has 1 aliphatic carbocycles. The lowest BCUT2D eigenvalue weighted by Gasteiger charge is -2.12. The minimum Gasteiger partial charge on any atom is -0.388 e. The van der Waals surface area contributed by atoms with Gasteiger partial charge in [-0.05, 0) is 44.8 Å². The Bertz CT molecular complexity index is 313. The van der Waals surface area contributed by atoms with Crippen LogP contribution in [-0.4, -0.2) is 19.6 Å². The summed E-state index contributed by atoms with van der Waals surface area (Å²) >= 11 is 0. The molecule has 2 N–H and O–H groups in total. The van der Waals surface area contributed by atoms with Crippen LogP contribution in [0.3, 0.4) is 0 Å². The predicted octanol–water partition coefficient (Wildman–Crippen LogP) is 3.39. The Kier molecular flexibility index (Phi) is 6.81. The fraction of sp³-hybridized carbons (Fsp3) is 0.625. The maximum absolute atomic E-state index is 4.14. The summed E-state index contributed by atoms with van der Waals surface area (Å²) in [5.41, 5.74) is 2.97. The fourth-order valence-corrected chi connectivity index (χ4v) is 2.11. The molecule has 0 saturated carbocycles. The topological polar surface area (TPSA) is 24.1 Å². The van der Waals surface area contributed by atoms with Crippen molar-refractivity contribution in [1.82, 2.24) is 10.6 Å². The van der Waals surface area contributed by atoms with Crippen LogP contribution >= 0.6 is 0 Å². The molecule has 1 rings (SSSR count). The quantitative estimate of drug-likeness (QED) is 0.643. The molecular weight excluding hydrogens is 220 g/mol. The van der Waals surface area contributed by atoms with Gasteiger partial charge in [0.2, 0.25) is 0 Å². The summed E-state index contributed by atoms with van der Waals surface area (Å²) in [6.45, 7) is 9.52. The van der Waals surface area contributed by atoms with Crippen molar-refractivity contribution in [1.29, 1.82) is 0 Å². The lowest BCUT2D eigenvalue weighted by atomic mass is 9.97. The number of nitrogens with one attached hydrogen (secondary N) is 2. The van der Waals surface area contributed by atoms with E-state index in [0.717, 1.165) is 19.4 Å². The number of hydrogen-bond acceptors (Lipinski definition) is 2. The number of likely N-dealkylation sites (N-methyl/N-ethyl adjacent to an activating group) is 1. The van der Waals surface area contributed by atoms with Gasteiger partial charge < -0.3 is 10.6 Å². The van der Waals surface area contributed by atoms with Gasteiger partial charge in [-0.1, -0.05) is 43.7 Å². The van der Waals surface area contributed by atoms with E-state index >= 15 is 0 Å². The van der Waals surface area contributed by atoms with Gasteiger partial charge in [0.25, 0.3) is 0 Å². The first-order chi connectivity index (χ1) is 8.63. The minimum atomic E-state index is 0.598. The molecule has 0 aromatic carbocycles. The van der Waals surface area contributed by atoms with Crippen LogP contribution in [0.25, 0.3) is 0 Å². The van der Waals surface area contributed by atoms with Gasteiger partial charge in [0.1, 0.15) is 0 Å². The Hall–Kier alpha value is -1.02. The van der Waals surface area contributed by atoms with E-state index in [2.05, 4.69) is 49.4 Å². The highest BCUT2D eigenvalue weighted by Crippen LogP contribution is 2.25. The molecule has 102 valence electrons. The first-order valence-corrected chi connectivity index (χ1v) is 7.04. The molecule has 0 bridgehead atoms. The molecule has 0 radical (unpaired) electrons. The summed E-state index contributed by atoms with van der Waals surface area (Å²) in [5.74, 6) is 0.616. The second-order valence-electron chi connectivity index (χ2n) is 5.44. The molecule has 2 nitrogen and oxygen atoms in total. The highest BCUT2D eigenvalue weighted by molar-refractivity contribution is 5.15. The van der Waals surface area contributed by atoms with Crippen molar-refractivity contribution >= 4 is 0 Å². The summed E-state index contributed by atoms with van der Waals surface area (Å²) in [5, 5.41) is 6.56. The highest BCUT2D eigenvalue weighted by atomic mass is 14.9. The molecule has 0 saturated heterocycles. The standard InChI is InChI=1S/C16H28N2/c1-13(2)14(3)6-7-15-8-9-16(12-15)18-11-5-10-17-4/h5,8,11,13,16-18H,3,6-7,9-10,12H2,1-2,4H3/b11-5-. The Morgan fingerprint density at radius 3 is 3.00 bits per heavy atom. The predicted molar refractivity (Wildman–Crippen MR) is 80.5 cm³/mol. The Morgan fingerprint density at radius 1 is 1.56 bits per heavy atom. The van der Waals surface area contributed by atoms with Crippen LogP contribution in [-0.2, 0) is 0 Å². The van der Waals surface area contributed by atoms with Gasteiger partial charge in [0.05, 0.1) is 0 Å². The number of hydrogen-bond donors (Lipinski definition) is 2. The Morgan fingerprint density at radius 2 is 2.33 bits per heavy atom. The summed E-state index contributed by atoms with van der Waals surface area (Å²) < 4.78 is 0. The highest BCUT2D eigenvalue weighted by Gasteiger charge is 2.15. The maximum atomic E-state index is 4.14. The zero-order chi connectivity index (χ0) is 13.4. The lowest BCUT2D eigenvalue weighted by Crippen LogP contribution is -2.21. The molecule has 18 heavy (non-hydrogen) atoms. The van der Waals surface area contributed by atoms with Crippen molar-refractivity contribution < 1.29 is 0 Å². The van der Waals surface area contributed by atoms with Crippen molar-refractivity contribution in [3.8, 4) is 0 Å². The van der Waals surface area contributed by atoms with Crippen LogP contribution in [0.1, 0.15) is 39.5 Å². The van der Waals surface area contributed by atoms with E-state index < -0.39 is 0 Å². The minimum absolute atomic E-state index is 0.598. The van der Waals surface area contributed by atoms with Crippen molar-refractivity contribution in [2.45, 2.75) is 45.6 Å². The van der Waals surface area contributed by atoms with Crippen molar-refractivity contribution in [3.63, 3.8) is 0 Å². The van der Waals surface area contributed by atoms with E-state index in [1.54, 1.807) is 5.57 Å². The second-order valence-corrected chi connectivity index (χ2v) is 5.44. The van der Waals surface area contributed by atoms with Gasteiger partial charge >= 0.3 is 0 Å². The third-order valence-electron chi connectivity index (χ3n) is 3.56. The molecule has 0 heterocycles. The zero-order valence-corrected chi connectivity index (χ0v) is 12.1. The molecule has 0 aromatic heterocycles. The monoisotopic (exact) mass is 248 g/mol. The van der Waals surface area contributed by atoms with E-state index in [9.17, 15) is 0 Å². The lowest BCUT2D eigenvalue weighted by molar-refractivity contribution is 0.608. The summed E-state index contributed by atoms with van der Waals surface area (Å²) in [4.78, 5) is 0. The fourth-order valence-electron chi connectivity index (χ4n) is 2.11. The van der Waals surface area contributed by atoms with Crippen molar-refractivity contribution in [2.24, 2.45) is 5.92 Å². The van der Waals surface area contributed by atoms with Gasteiger partial charge in [0.15, 0.2) is 0 Å². The molecule has 0 spiro atoms. The average molecular weight is 248 g/mol. The van der Waals surface area contributed by atoms with E-state index in [-0.39, 0.29) is 0 Å². The second kappa shape index (κ2) is 8.15. The molecule has 1 atom stereocenters. The van der Waals surface area contributed by atoms with Crippen LogP contribution in [0, 0.1) is 5.92 Å². The molecule has 0 fully saturated rings. The molecule has 2 heteroatoms. The third-order valence-corrected chi connectivity index (χ3v) is 3.56. The molecule has 1 unspecified atom stereocenters. The summed E-state index contributed by atoms with van der Waals surface area (Å²) in [6.07, 6.45) is 11.3. The van der Waals surface area contributed by atoms with E-state index in [4.69, 9.17) is 0 Å². The van der Waals surface area contributed by atoms with Gasteiger partial charge in [-0.2, -0.15) is 0 Å². The van der Waals surface area contributed by atoms with Crippen LogP contribution < -0.4 is 10.6 Å². The SMILES string of the molecule is C=C(CCC1=CCC(N/C=C\CNC)C1)C(C)C. The van der Waals surface area contributed by atoms with Crippen LogP contribution in [0.2, 0.25) is 0 Å². The summed E-state index contributed by atoms with van der Waals surface area (Å²) in [7, 11) is 1.96. The summed E-state index contributed by atoms with van der Waals surface area (Å²) in [6, 6.07) is 0.598. The molecular formula is C16H28N2. The zero-order valence-electron chi connectivity index (χ0n) is 12.1. The van der Waals surface area contributed by atoms with Crippen molar-refractivity contribution in [3.05, 3.63) is 36.1 Å². The van der Waals surface area contributed by atoms with E-state index in [0.29, 0.717) is 12.0 Å². The van der Waals surface area contributed by atoms with Gasteiger partial charge in [-0.25, -0.2) is 0 Å². The first-order valence-electron chi connectivity index (χ1n) is 7.04. The normalized spacial score (nSPS) is 19.6. The van der Waals surface area contributed by atoms with Gasteiger partial charge in [-0.15, -0.1) is 0 Å². The van der Waals surface area contributed by atoms with Crippen LogP contribution in [0.5, 0.6) is 0 Å². The molecule has 0 amide bonds. The average Bonchev–Trinajstić information content (AvgIpc) is 2.79.